The number of hydrogen-bond acceptors (Lipinski definition) is 4. The Morgan fingerprint density at radius 1 is 1.33 bits per heavy atom. The minimum absolute atomic E-state index is 0.0173. The van der Waals surface area contributed by atoms with Crippen LogP contribution in [0.3, 0.4) is 0 Å². The van der Waals surface area contributed by atoms with Crippen molar-refractivity contribution in [1.82, 2.24) is 15.5 Å². The molecular weight excluding hydrogens is 238 g/mol. The molecule has 0 aliphatic carbocycles. The first-order chi connectivity index (χ1) is 8.56. The van der Waals surface area contributed by atoms with Crippen LogP contribution in [0.25, 0.3) is 0 Å². The fourth-order valence-electron chi connectivity index (χ4n) is 2.12. The van der Waals surface area contributed by atoms with E-state index < -0.39 is 11.9 Å². The second-order valence-electron chi connectivity index (χ2n) is 4.49. The van der Waals surface area contributed by atoms with Gasteiger partial charge in [-0.1, -0.05) is 0 Å². The number of nitrogens with one attached hydrogen (secondary N) is 2. The number of piperidine rings is 1. The van der Waals surface area contributed by atoms with Crippen LogP contribution in [0, 0.1) is 0 Å². The average molecular weight is 253 g/mol. The molecule has 2 N–H and O–H groups in total. The summed E-state index contributed by atoms with van der Waals surface area (Å²) >= 11 is 0. The molecule has 0 aromatic rings. The molecule has 2 fully saturated rings. The Bertz CT molecular complexity index is 407. The van der Waals surface area contributed by atoms with E-state index in [0.29, 0.717) is 19.4 Å². The summed E-state index contributed by atoms with van der Waals surface area (Å²) in [7, 11) is 0. The first-order valence-corrected chi connectivity index (χ1v) is 5.97. The molecule has 2 aliphatic heterocycles. The van der Waals surface area contributed by atoms with Crippen molar-refractivity contribution < 1.29 is 19.2 Å². The molecule has 0 aromatic heterocycles. The maximum Gasteiger partial charge on any atom is 0.249 e. The van der Waals surface area contributed by atoms with Gasteiger partial charge in [-0.2, -0.15) is 0 Å². The van der Waals surface area contributed by atoms with E-state index in [2.05, 4.69) is 10.6 Å². The van der Waals surface area contributed by atoms with Gasteiger partial charge in [-0.25, -0.2) is 0 Å². The molecule has 2 heterocycles. The van der Waals surface area contributed by atoms with E-state index in [-0.39, 0.29) is 30.7 Å². The molecule has 18 heavy (non-hydrogen) atoms. The number of nitrogens with zero attached hydrogens (tertiary/aromatic N) is 1. The van der Waals surface area contributed by atoms with Crippen LogP contribution in [0.4, 0.5) is 0 Å². The molecule has 0 saturated carbocycles. The van der Waals surface area contributed by atoms with Crippen molar-refractivity contribution in [2.24, 2.45) is 0 Å². The van der Waals surface area contributed by atoms with Crippen molar-refractivity contribution in [3.05, 3.63) is 0 Å². The number of carbonyl (C=O) groups excluding carboxylic acids is 4. The van der Waals surface area contributed by atoms with Crippen molar-refractivity contribution in [3.8, 4) is 0 Å². The van der Waals surface area contributed by atoms with E-state index in [0.717, 1.165) is 6.42 Å². The zero-order valence-corrected chi connectivity index (χ0v) is 9.90. The summed E-state index contributed by atoms with van der Waals surface area (Å²) in [5.74, 6) is -1.19. The maximum absolute atomic E-state index is 11.7. The molecule has 0 aromatic carbocycles. The molecule has 2 aliphatic rings. The van der Waals surface area contributed by atoms with Crippen LogP contribution in [-0.4, -0.2) is 47.7 Å². The van der Waals surface area contributed by atoms with Crippen molar-refractivity contribution in [2.75, 3.05) is 13.1 Å². The zero-order valence-electron chi connectivity index (χ0n) is 9.90. The lowest BCUT2D eigenvalue weighted by Gasteiger charge is -2.23. The first-order valence-electron chi connectivity index (χ1n) is 5.97. The summed E-state index contributed by atoms with van der Waals surface area (Å²) in [6, 6.07) is -0.673. The van der Waals surface area contributed by atoms with Crippen LogP contribution in [0.1, 0.15) is 25.7 Å². The monoisotopic (exact) mass is 253 g/mol. The summed E-state index contributed by atoms with van der Waals surface area (Å²) < 4.78 is 0. The van der Waals surface area contributed by atoms with Gasteiger partial charge in [-0.05, 0) is 12.8 Å². The Morgan fingerprint density at radius 2 is 2.11 bits per heavy atom. The average Bonchev–Trinajstić information content (AvgIpc) is 2.69. The second-order valence-corrected chi connectivity index (χ2v) is 4.49. The van der Waals surface area contributed by atoms with E-state index in [1.54, 1.807) is 0 Å². The van der Waals surface area contributed by atoms with Crippen molar-refractivity contribution in [3.63, 3.8) is 0 Å². The number of likely N-dealkylation sites (tertiary alicyclic amines) is 1. The van der Waals surface area contributed by atoms with Gasteiger partial charge in [0.25, 0.3) is 0 Å². The predicted octanol–water partition coefficient (Wildman–Crippen LogP) is -1.47. The second kappa shape index (κ2) is 5.16. The third-order valence-electron chi connectivity index (χ3n) is 3.08. The lowest BCUT2D eigenvalue weighted by atomic mass is 10.1. The number of hydrogen-bond donors (Lipinski definition) is 2. The lowest BCUT2D eigenvalue weighted by molar-refractivity contribution is -0.138. The zero-order chi connectivity index (χ0) is 13.1. The summed E-state index contributed by atoms with van der Waals surface area (Å²) in [5, 5.41) is 4.70. The molecule has 0 spiro atoms. The SMILES string of the molecule is O=C1CCC(NC(=O)CN2CCCC2=O)C(=O)N1. The van der Waals surface area contributed by atoms with E-state index in [9.17, 15) is 19.2 Å². The van der Waals surface area contributed by atoms with Crippen molar-refractivity contribution in [2.45, 2.75) is 31.7 Å². The van der Waals surface area contributed by atoms with Gasteiger partial charge in [0, 0.05) is 19.4 Å². The van der Waals surface area contributed by atoms with Crippen LogP contribution in [0.2, 0.25) is 0 Å². The van der Waals surface area contributed by atoms with Crippen molar-refractivity contribution >= 4 is 23.6 Å². The minimum Gasteiger partial charge on any atom is -0.343 e. The third-order valence-corrected chi connectivity index (χ3v) is 3.08. The standard InChI is InChI=1S/C11H15N3O4/c15-8-4-3-7(11(18)13-8)12-9(16)6-14-5-1-2-10(14)17/h7H,1-6H2,(H,12,16)(H,13,15,18). The molecule has 1 atom stereocenters. The predicted molar refractivity (Wildman–Crippen MR) is 60.1 cm³/mol. The van der Waals surface area contributed by atoms with Crippen LogP contribution in [0.5, 0.6) is 0 Å². The number of amides is 4. The molecule has 7 heteroatoms. The van der Waals surface area contributed by atoms with E-state index in [1.807, 2.05) is 0 Å². The van der Waals surface area contributed by atoms with Crippen LogP contribution < -0.4 is 10.6 Å². The summed E-state index contributed by atoms with van der Waals surface area (Å²) in [4.78, 5) is 46.8. The molecule has 0 bridgehead atoms. The molecule has 2 saturated heterocycles. The Labute approximate surface area is 104 Å². The molecule has 2 rings (SSSR count). The first kappa shape index (κ1) is 12.5. The quantitative estimate of drug-likeness (QED) is 0.600. The number of imide groups is 1. The smallest absolute Gasteiger partial charge is 0.249 e. The Kier molecular flexibility index (Phi) is 3.59. The largest absolute Gasteiger partial charge is 0.343 e. The highest BCUT2D eigenvalue weighted by molar-refractivity contribution is 6.01. The summed E-state index contributed by atoms with van der Waals surface area (Å²) in [5.41, 5.74) is 0. The Morgan fingerprint density at radius 3 is 2.72 bits per heavy atom. The van der Waals surface area contributed by atoms with E-state index in [1.165, 1.54) is 4.90 Å². The highest BCUT2D eigenvalue weighted by atomic mass is 16.2. The van der Waals surface area contributed by atoms with Gasteiger partial charge >= 0.3 is 0 Å². The van der Waals surface area contributed by atoms with Gasteiger partial charge in [0.15, 0.2) is 0 Å². The van der Waals surface area contributed by atoms with E-state index >= 15 is 0 Å². The van der Waals surface area contributed by atoms with Crippen molar-refractivity contribution in [1.29, 1.82) is 0 Å². The van der Waals surface area contributed by atoms with E-state index in [4.69, 9.17) is 0 Å². The molecule has 7 nitrogen and oxygen atoms in total. The van der Waals surface area contributed by atoms with Crippen LogP contribution >= 0.6 is 0 Å². The lowest BCUT2D eigenvalue weighted by Crippen LogP contribution is -2.53. The number of carbonyl (C=O) groups is 4. The molecule has 98 valence electrons. The summed E-state index contributed by atoms with van der Waals surface area (Å²) in [6.45, 7) is 0.568. The van der Waals surface area contributed by atoms with Gasteiger partial charge in [0.2, 0.25) is 23.6 Å². The topological polar surface area (TPSA) is 95.6 Å². The van der Waals surface area contributed by atoms with Gasteiger partial charge in [0.1, 0.15) is 6.04 Å². The van der Waals surface area contributed by atoms with Gasteiger partial charge in [0.05, 0.1) is 6.54 Å². The Hall–Kier alpha value is -1.92. The van der Waals surface area contributed by atoms with Crippen LogP contribution in [0.15, 0.2) is 0 Å². The highest BCUT2D eigenvalue weighted by Crippen LogP contribution is 2.09. The third kappa shape index (κ3) is 2.85. The maximum atomic E-state index is 11.7. The summed E-state index contributed by atoms with van der Waals surface area (Å²) in [6.07, 6.45) is 1.78. The Balaban J connectivity index is 1.82. The van der Waals surface area contributed by atoms with Gasteiger partial charge in [-0.15, -0.1) is 0 Å². The highest BCUT2D eigenvalue weighted by Gasteiger charge is 2.29. The molecule has 0 radical (unpaired) electrons. The number of rotatable bonds is 3. The fraction of sp³-hybridized carbons (Fsp3) is 0.636. The molecular formula is C11H15N3O4. The molecule has 4 amide bonds. The van der Waals surface area contributed by atoms with Crippen LogP contribution in [-0.2, 0) is 19.2 Å². The van der Waals surface area contributed by atoms with Gasteiger partial charge in [-0.3, -0.25) is 24.5 Å². The fourth-order valence-corrected chi connectivity index (χ4v) is 2.12. The normalized spacial score (nSPS) is 24.1. The minimum atomic E-state index is -0.673. The molecule has 1 unspecified atom stereocenters. The van der Waals surface area contributed by atoms with Gasteiger partial charge < -0.3 is 10.2 Å².